The van der Waals surface area contributed by atoms with Crippen LogP contribution in [0.15, 0.2) is 24.4 Å². The Morgan fingerprint density at radius 1 is 1.27 bits per heavy atom. The molecule has 0 aliphatic carbocycles. The van der Waals surface area contributed by atoms with Crippen molar-refractivity contribution in [1.29, 1.82) is 5.26 Å². The zero-order valence-electron chi connectivity index (χ0n) is 20.6. The minimum Gasteiger partial charge on any atom is -0.481 e. The maximum Gasteiger partial charge on any atom is 0.303 e. The van der Waals surface area contributed by atoms with Crippen molar-refractivity contribution in [2.75, 3.05) is 37.6 Å². The summed E-state index contributed by atoms with van der Waals surface area (Å²) < 4.78 is 1.72. The summed E-state index contributed by atoms with van der Waals surface area (Å²) in [6, 6.07) is 7.21. The fourth-order valence-electron chi connectivity index (χ4n) is 5.50. The molecule has 0 saturated carbocycles. The number of halogens is 2. The molecule has 0 unspecified atom stereocenters. The van der Waals surface area contributed by atoms with E-state index >= 15 is 0 Å². The number of nitriles is 1. The Bertz CT molecular complexity index is 1350. The van der Waals surface area contributed by atoms with E-state index in [0.717, 1.165) is 50.5 Å². The van der Waals surface area contributed by atoms with Gasteiger partial charge in [0, 0.05) is 36.1 Å². The molecule has 2 aliphatic rings. The standard InChI is InChI=1S/C26H29Cl2N7O2/c1-16(20-7-6-19(27)10-21(20)28)35-26-25(22(11-29)32-35)30-12-23(31-26)34-14-18(15-34)17-4-2-8-33(13-17)9-3-5-24(36)37/h6-7,10,12,16-18H,2-5,8-9,13-15H2,1H3,(H,36,37)/t16-,17+/m1/s1. The van der Waals surface area contributed by atoms with Gasteiger partial charge >= 0.3 is 5.97 Å². The fraction of sp³-hybridized carbons (Fsp3) is 0.500. The smallest absolute Gasteiger partial charge is 0.303 e. The van der Waals surface area contributed by atoms with Crippen LogP contribution >= 0.6 is 23.2 Å². The molecule has 0 bridgehead atoms. The first-order chi connectivity index (χ1) is 17.8. The van der Waals surface area contributed by atoms with Gasteiger partial charge in [0.1, 0.15) is 17.4 Å². The number of nitrogens with zero attached hydrogens (tertiary/aromatic N) is 7. The van der Waals surface area contributed by atoms with Crippen molar-refractivity contribution in [3.05, 3.63) is 45.7 Å². The van der Waals surface area contributed by atoms with Gasteiger partial charge in [0.15, 0.2) is 11.3 Å². The summed E-state index contributed by atoms with van der Waals surface area (Å²) in [5.74, 6) is 1.23. The number of rotatable bonds is 8. The largest absolute Gasteiger partial charge is 0.481 e. The molecule has 0 spiro atoms. The van der Waals surface area contributed by atoms with Gasteiger partial charge in [-0.15, -0.1) is 0 Å². The summed E-state index contributed by atoms with van der Waals surface area (Å²) in [5, 5.41) is 24.1. The first kappa shape index (κ1) is 25.7. The van der Waals surface area contributed by atoms with Crippen LogP contribution in [0, 0.1) is 23.2 Å². The van der Waals surface area contributed by atoms with Crippen LogP contribution in [0.4, 0.5) is 5.82 Å². The second-order valence-electron chi connectivity index (χ2n) is 10.0. The third-order valence-corrected chi connectivity index (χ3v) is 8.15. The summed E-state index contributed by atoms with van der Waals surface area (Å²) in [4.78, 5) is 24.9. The second-order valence-corrected chi connectivity index (χ2v) is 10.9. The quantitative estimate of drug-likeness (QED) is 0.439. The molecule has 2 atom stereocenters. The molecule has 194 valence electrons. The number of carboxylic acid groups (broad SMARTS) is 1. The van der Waals surface area contributed by atoms with Crippen molar-refractivity contribution in [3.63, 3.8) is 0 Å². The van der Waals surface area contributed by atoms with Gasteiger partial charge in [-0.25, -0.2) is 14.6 Å². The molecule has 1 N–H and O–H groups in total. The Hall–Kier alpha value is -2.93. The summed E-state index contributed by atoms with van der Waals surface area (Å²) in [6.07, 6.45) is 5.01. The number of anilines is 1. The molecule has 2 fully saturated rings. The van der Waals surface area contributed by atoms with E-state index in [1.807, 2.05) is 13.0 Å². The summed E-state index contributed by atoms with van der Waals surface area (Å²) >= 11 is 12.5. The van der Waals surface area contributed by atoms with Crippen LogP contribution < -0.4 is 4.90 Å². The van der Waals surface area contributed by atoms with Gasteiger partial charge in [-0.1, -0.05) is 29.3 Å². The molecule has 0 radical (unpaired) electrons. The number of benzene rings is 1. The lowest BCUT2D eigenvalue weighted by Gasteiger charge is -2.47. The van der Waals surface area contributed by atoms with E-state index in [-0.39, 0.29) is 18.2 Å². The predicted octanol–water partition coefficient (Wildman–Crippen LogP) is 4.63. The Morgan fingerprint density at radius 2 is 2.08 bits per heavy atom. The topological polar surface area (TPSA) is 111 Å². The normalized spacial score (nSPS) is 19.5. The van der Waals surface area contributed by atoms with Crippen LogP contribution in [0.3, 0.4) is 0 Å². The molecular weight excluding hydrogens is 513 g/mol. The molecule has 37 heavy (non-hydrogen) atoms. The Kier molecular flexibility index (Phi) is 7.52. The van der Waals surface area contributed by atoms with Crippen molar-refractivity contribution in [1.82, 2.24) is 24.6 Å². The van der Waals surface area contributed by atoms with Crippen LogP contribution in [0.25, 0.3) is 11.2 Å². The first-order valence-corrected chi connectivity index (χ1v) is 13.4. The summed E-state index contributed by atoms with van der Waals surface area (Å²) in [5.41, 5.74) is 2.10. The maximum absolute atomic E-state index is 10.8. The highest BCUT2D eigenvalue weighted by Crippen LogP contribution is 2.35. The average molecular weight is 542 g/mol. The van der Waals surface area contributed by atoms with Crippen LogP contribution in [-0.2, 0) is 4.79 Å². The van der Waals surface area contributed by atoms with Gasteiger partial charge in [0.05, 0.1) is 12.2 Å². The highest BCUT2D eigenvalue weighted by molar-refractivity contribution is 6.35. The van der Waals surface area contributed by atoms with Gasteiger partial charge in [0.2, 0.25) is 0 Å². The third-order valence-electron chi connectivity index (χ3n) is 7.58. The fourth-order valence-corrected chi connectivity index (χ4v) is 6.07. The van der Waals surface area contributed by atoms with E-state index in [4.69, 9.17) is 33.3 Å². The van der Waals surface area contributed by atoms with Gasteiger partial charge in [-0.05, 0) is 68.8 Å². The van der Waals surface area contributed by atoms with Gasteiger partial charge in [-0.3, -0.25) is 4.79 Å². The molecule has 4 heterocycles. The Balaban J connectivity index is 1.30. The molecule has 1 aromatic carbocycles. The van der Waals surface area contributed by atoms with E-state index in [2.05, 4.69) is 26.0 Å². The summed E-state index contributed by atoms with van der Waals surface area (Å²) in [7, 11) is 0. The van der Waals surface area contributed by atoms with Crippen LogP contribution in [0.5, 0.6) is 0 Å². The maximum atomic E-state index is 10.8. The van der Waals surface area contributed by atoms with Gasteiger partial charge in [-0.2, -0.15) is 10.4 Å². The van der Waals surface area contributed by atoms with Gasteiger partial charge < -0.3 is 14.9 Å². The van der Waals surface area contributed by atoms with Crippen molar-refractivity contribution in [2.24, 2.45) is 11.8 Å². The van der Waals surface area contributed by atoms with Crippen molar-refractivity contribution < 1.29 is 9.90 Å². The predicted molar refractivity (Wildman–Crippen MR) is 142 cm³/mol. The molecule has 2 aliphatic heterocycles. The number of aromatic nitrogens is 4. The first-order valence-electron chi connectivity index (χ1n) is 12.6. The van der Waals surface area contributed by atoms with Crippen molar-refractivity contribution >= 4 is 46.2 Å². The van der Waals surface area contributed by atoms with E-state index < -0.39 is 5.97 Å². The van der Waals surface area contributed by atoms with Crippen molar-refractivity contribution in [2.45, 2.75) is 38.6 Å². The van der Waals surface area contributed by atoms with Gasteiger partial charge in [0.25, 0.3) is 0 Å². The van der Waals surface area contributed by atoms with E-state index in [0.29, 0.717) is 39.5 Å². The number of hydrogen-bond acceptors (Lipinski definition) is 7. The molecule has 2 aromatic heterocycles. The lowest BCUT2D eigenvalue weighted by molar-refractivity contribution is -0.137. The minimum absolute atomic E-state index is 0.229. The summed E-state index contributed by atoms with van der Waals surface area (Å²) in [6.45, 7) is 6.71. The molecule has 5 rings (SSSR count). The second kappa shape index (κ2) is 10.8. The number of aliphatic carboxylic acids is 1. The zero-order chi connectivity index (χ0) is 26.1. The number of likely N-dealkylation sites (tertiary alicyclic amines) is 1. The lowest BCUT2D eigenvalue weighted by Crippen LogP contribution is -2.54. The average Bonchev–Trinajstić information content (AvgIpc) is 3.21. The minimum atomic E-state index is -0.727. The number of carbonyl (C=O) groups is 1. The van der Waals surface area contributed by atoms with E-state index in [1.165, 1.54) is 6.42 Å². The number of hydrogen-bond donors (Lipinski definition) is 1. The molecule has 11 heteroatoms. The lowest BCUT2D eigenvalue weighted by atomic mass is 9.80. The molecule has 3 aromatic rings. The monoisotopic (exact) mass is 541 g/mol. The highest BCUT2D eigenvalue weighted by atomic mass is 35.5. The third kappa shape index (κ3) is 5.37. The number of piperidine rings is 1. The van der Waals surface area contributed by atoms with E-state index in [1.54, 1.807) is 23.0 Å². The van der Waals surface area contributed by atoms with E-state index in [9.17, 15) is 10.1 Å². The van der Waals surface area contributed by atoms with Crippen molar-refractivity contribution in [3.8, 4) is 6.07 Å². The van der Waals surface area contributed by atoms with Crippen LogP contribution in [0.1, 0.15) is 49.9 Å². The zero-order valence-corrected chi connectivity index (χ0v) is 22.2. The SMILES string of the molecule is C[C@H](c1ccc(Cl)cc1Cl)n1nc(C#N)c2ncc(N3CC([C@H]4CCCN(CCCC(=O)O)C4)C3)nc21. The Labute approximate surface area is 225 Å². The number of fused-ring (bicyclic) bond motifs is 1. The Morgan fingerprint density at radius 3 is 2.81 bits per heavy atom. The highest BCUT2D eigenvalue weighted by Gasteiger charge is 2.36. The molecule has 2 saturated heterocycles. The number of carboxylic acids is 1. The molecular formula is C26H29Cl2N7O2. The molecule has 0 amide bonds. The van der Waals surface area contributed by atoms with Crippen LogP contribution in [0.2, 0.25) is 10.0 Å². The van der Waals surface area contributed by atoms with Crippen LogP contribution in [-0.4, -0.2) is 68.4 Å². The molecule has 9 nitrogen and oxygen atoms in total.